The van der Waals surface area contributed by atoms with E-state index in [1.54, 1.807) is 21.5 Å². The Labute approximate surface area is 172 Å². The van der Waals surface area contributed by atoms with Crippen LogP contribution in [-0.4, -0.2) is 50.6 Å². The predicted molar refractivity (Wildman–Crippen MR) is 110 cm³/mol. The van der Waals surface area contributed by atoms with Crippen molar-refractivity contribution in [1.82, 2.24) is 19.5 Å². The van der Waals surface area contributed by atoms with Gasteiger partial charge in [0.15, 0.2) is 5.65 Å². The van der Waals surface area contributed by atoms with Crippen LogP contribution in [0.4, 0.5) is 10.3 Å². The molecule has 5 rings (SSSR count). The molecule has 2 amide bonds. The van der Waals surface area contributed by atoms with Gasteiger partial charge in [0.1, 0.15) is 6.17 Å². The number of fused-ring (bicyclic) bond motifs is 1. The Balaban J connectivity index is 1.37. The molecule has 3 aromatic rings. The Hall–Kier alpha value is -3.29. The summed E-state index contributed by atoms with van der Waals surface area (Å²) >= 11 is 0. The number of nitrogens with zero attached hydrogens (tertiary/aromatic N) is 4. The number of carbonyl (C=O) groups is 2. The lowest BCUT2D eigenvalue weighted by Crippen LogP contribution is -2.39. The summed E-state index contributed by atoms with van der Waals surface area (Å²) in [6.45, 7) is 0.907. The number of anilines is 1. The molecule has 2 aliphatic rings. The number of pyridine rings is 1. The van der Waals surface area contributed by atoms with E-state index in [1.807, 2.05) is 30.3 Å². The molecule has 1 saturated carbocycles. The third-order valence-electron chi connectivity index (χ3n) is 5.68. The summed E-state index contributed by atoms with van der Waals surface area (Å²) in [5.74, 6) is 0.267. The summed E-state index contributed by atoms with van der Waals surface area (Å²) < 4.78 is 15.0. The molecule has 1 aliphatic heterocycles. The molecule has 7 nitrogen and oxygen atoms in total. The van der Waals surface area contributed by atoms with Crippen LogP contribution >= 0.6 is 0 Å². The van der Waals surface area contributed by atoms with Crippen molar-refractivity contribution in [3.05, 3.63) is 48.0 Å². The summed E-state index contributed by atoms with van der Waals surface area (Å²) in [6, 6.07) is 12.9. The number of benzene rings is 1. The second-order valence-corrected chi connectivity index (χ2v) is 7.92. The molecule has 2 aromatic heterocycles. The molecule has 1 aromatic carbocycles. The van der Waals surface area contributed by atoms with Crippen LogP contribution in [-0.2, 0) is 4.79 Å². The first-order valence-corrected chi connectivity index (χ1v) is 10.3. The van der Waals surface area contributed by atoms with E-state index in [9.17, 15) is 14.0 Å². The Bertz CT molecular complexity index is 1100. The van der Waals surface area contributed by atoms with Gasteiger partial charge in [-0.05, 0) is 49.9 Å². The van der Waals surface area contributed by atoms with Gasteiger partial charge in [-0.3, -0.25) is 14.9 Å². The summed E-state index contributed by atoms with van der Waals surface area (Å²) in [6.07, 6.45) is 1.83. The number of hydrogen-bond donors (Lipinski definition) is 1. The molecule has 8 heteroatoms. The summed E-state index contributed by atoms with van der Waals surface area (Å²) in [5.41, 5.74) is 2.90. The zero-order valence-electron chi connectivity index (χ0n) is 16.4. The normalized spacial score (nSPS) is 17.3. The summed E-state index contributed by atoms with van der Waals surface area (Å²) in [5, 5.41) is 7.22. The molecule has 1 N–H and O–H groups in total. The Morgan fingerprint density at radius 1 is 1.00 bits per heavy atom. The molecule has 1 saturated heterocycles. The average Bonchev–Trinajstić information content (AvgIpc) is 3.54. The lowest BCUT2D eigenvalue weighted by molar-refractivity contribution is -0.117. The van der Waals surface area contributed by atoms with Gasteiger partial charge < -0.3 is 4.90 Å². The number of alkyl halides is 1. The van der Waals surface area contributed by atoms with Gasteiger partial charge in [-0.25, -0.2) is 8.91 Å². The zero-order valence-corrected chi connectivity index (χ0v) is 16.4. The summed E-state index contributed by atoms with van der Waals surface area (Å²) in [7, 11) is 0. The maximum Gasteiger partial charge on any atom is 0.253 e. The second-order valence-electron chi connectivity index (χ2n) is 7.92. The molecule has 0 atom stereocenters. The standard InChI is InChI=1S/C22H22FN5O2/c23-17-10-12-27(13-11-17)21(30)16-8-4-14(5-9-16)18-2-1-3-19-24-22(26-28(18)19)25-20(29)15-6-7-15/h1-5,8-9,15,17H,6-7,10-13H2,(H,25,26,29). The Morgan fingerprint density at radius 3 is 2.43 bits per heavy atom. The molecule has 2 fully saturated rings. The molecule has 1 aliphatic carbocycles. The van der Waals surface area contributed by atoms with Crippen LogP contribution in [0.2, 0.25) is 0 Å². The van der Waals surface area contributed by atoms with Gasteiger partial charge in [0.05, 0.1) is 5.69 Å². The van der Waals surface area contributed by atoms with Crippen LogP contribution in [0.3, 0.4) is 0 Å². The van der Waals surface area contributed by atoms with Crippen molar-refractivity contribution in [2.75, 3.05) is 18.4 Å². The number of piperidine rings is 1. The van der Waals surface area contributed by atoms with Gasteiger partial charge >= 0.3 is 0 Å². The van der Waals surface area contributed by atoms with Crippen molar-refractivity contribution in [2.45, 2.75) is 31.9 Å². The molecular weight excluding hydrogens is 385 g/mol. The van der Waals surface area contributed by atoms with E-state index < -0.39 is 6.17 Å². The number of hydrogen-bond acceptors (Lipinski definition) is 4. The van der Waals surface area contributed by atoms with E-state index in [2.05, 4.69) is 15.4 Å². The molecule has 0 unspecified atom stereocenters. The molecule has 30 heavy (non-hydrogen) atoms. The van der Waals surface area contributed by atoms with Gasteiger partial charge in [-0.1, -0.05) is 18.2 Å². The number of carbonyl (C=O) groups excluding carboxylic acids is 2. The highest BCUT2D eigenvalue weighted by Crippen LogP contribution is 2.30. The number of halogens is 1. The minimum atomic E-state index is -0.807. The van der Waals surface area contributed by atoms with Crippen LogP contribution in [0.25, 0.3) is 16.9 Å². The number of nitrogens with one attached hydrogen (secondary N) is 1. The van der Waals surface area contributed by atoms with Crippen molar-refractivity contribution in [3.63, 3.8) is 0 Å². The predicted octanol–water partition coefficient (Wildman–Crippen LogP) is 3.32. The first-order chi connectivity index (χ1) is 14.6. The van der Waals surface area contributed by atoms with E-state index in [0.717, 1.165) is 24.1 Å². The number of rotatable bonds is 4. The third-order valence-corrected chi connectivity index (χ3v) is 5.68. The van der Waals surface area contributed by atoms with Crippen molar-refractivity contribution < 1.29 is 14.0 Å². The monoisotopic (exact) mass is 407 g/mol. The van der Waals surface area contributed by atoms with Crippen molar-refractivity contribution in [1.29, 1.82) is 0 Å². The fourth-order valence-electron chi connectivity index (χ4n) is 3.75. The van der Waals surface area contributed by atoms with Crippen LogP contribution in [0, 0.1) is 5.92 Å². The molecule has 0 bridgehead atoms. The first-order valence-electron chi connectivity index (χ1n) is 10.3. The fraction of sp³-hybridized carbons (Fsp3) is 0.364. The van der Waals surface area contributed by atoms with Crippen molar-refractivity contribution in [3.8, 4) is 11.3 Å². The third kappa shape index (κ3) is 3.65. The van der Waals surface area contributed by atoms with Crippen LogP contribution in [0.15, 0.2) is 42.5 Å². The average molecular weight is 407 g/mol. The highest BCUT2D eigenvalue weighted by molar-refractivity contribution is 5.95. The highest BCUT2D eigenvalue weighted by atomic mass is 19.1. The number of likely N-dealkylation sites (tertiary alicyclic amines) is 1. The quantitative estimate of drug-likeness (QED) is 0.720. The van der Waals surface area contributed by atoms with E-state index in [0.29, 0.717) is 43.1 Å². The van der Waals surface area contributed by atoms with Crippen molar-refractivity contribution >= 4 is 23.4 Å². The maximum atomic E-state index is 13.3. The van der Waals surface area contributed by atoms with Gasteiger partial charge in [0.2, 0.25) is 11.9 Å². The van der Waals surface area contributed by atoms with Crippen molar-refractivity contribution in [2.24, 2.45) is 5.92 Å². The Morgan fingerprint density at radius 2 is 1.73 bits per heavy atom. The second kappa shape index (κ2) is 7.51. The summed E-state index contributed by atoms with van der Waals surface area (Å²) in [4.78, 5) is 30.8. The van der Waals surface area contributed by atoms with E-state index >= 15 is 0 Å². The van der Waals surface area contributed by atoms with Gasteiger partial charge in [0, 0.05) is 30.1 Å². The molecule has 154 valence electrons. The van der Waals surface area contributed by atoms with Gasteiger partial charge in [0.25, 0.3) is 5.91 Å². The zero-order chi connectivity index (χ0) is 20.7. The fourth-order valence-corrected chi connectivity index (χ4v) is 3.75. The first kappa shape index (κ1) is 18.7. The van der Waals surface area contributed by atoms with Crippen LogP contribution in [0.5, 0.6) is 0 Å². The van der Waals surface area contributed by atoms with Crippen LogP contribution in [0.1, 0.15) is 36.0 Å². The molecular formula is C22H22FN5O2. The highest BCUT2D eigenvalue weighted by Gasteiger charge is 2.30. The molecule has 0 radical (unpaired) electrons. The number of amides is 2. The molecule has 3 heterocycles. The SMILES string of the molecule is O=C(Nc1nc2cccc(-c3ccc(C(=O)N4CCC(F)CC4)cc3)n2n1)C1CC1. The van der Waals surface area contributed by atoms with Gasteiger partial charge in [-0.15, -0.1) is 5.10 Å². The minimum Gasteiger partial charge on any atom is -0.338 e. The van der Waals surface area contributed by atoms with Gasteiger partial charge in [-0.2, -0.15) is 4.98 Å². The lowest BCUT2D eigenvalue weighted by atomic mass is 10.1. The van der Waals surface area contributed by atoms with E-state index in [1.165, 1.54) is 0 Å². The largest absolute Gasteiger partial charge is 0.338 e. The Kier molecular flexibility index (Phi) is 4.69. The smallest absolute Gasteiger partial charge is 0.253 e. The minimum absolute atomic E-state index is 0.0351. The topological polar surface area (TPSA) is 79.6 Å². The lowest BCUT2D eigenvalue weighted by Gasteiger charge is -2.28. The van der Waals surface area contributed by atoms with E-state index in [-0.39, 0.29) is 17.7 Å². The maximum absolute atomic E-state index is 13.3. The van der Waals surface area contributed by atoms with E-state index in [4.69, 9.17) is 0 Å². The number of aromatic nitrogens is 3. The van der Waals surface area contributed by atoms with Crippen LogP contribution < -0.4 is 5.32 Å². The molecule has 0 spiro atoms.